The van der Waals surface area contributed by atoms with Crippen molar-refractivity contribution in [2.45, 2.75) is 25.9 Å². The Labute approximate surface area is 126 Å². The van der Waals surface area contributed by atoms with Crippen LogP contribution in [0.1, 0.15) is 19.6 Å². The molecule has 2 heterocycles. The van der Waals surface area contributed by atoms with Crippen molar-refractivity contribution in [2.24, 2.45) is 0 Å². The molecule has 0 atom stereocenters. The number of nitrogens with one attached hydrogen (secondary N) is 3. The first-order valence-electron chi connectivity index (χ1n) is 6.54. The van der Waals surface area contributed by atoms with Crippen LogP contribution in [-0.4, -0.2) is 40.9 Å². The van der Waals surface area contributed by atoms with Gasteiger partial charge in [0.05, 0.1) is 12.8 Å². The molecule has 0 radical (unpaired) electrons. The second kappa shape index (κ2) is 5.88. The Hall–Kier alpha value is -2.84. The highest BCUT2D eigenvalue weighted by atomic mass is 16.3. The van der Waals surface area contributed by atoms with E-state index in [1.165, 1.54) is 20.1 Å². The van der Waals surface area contributed by atoms with Crippen LogP contribution >= 0.6 is 0 Å². The molecule has 1 aliphatic rings. The predicted molar refractivity (Wildman–Crippen MR) is 73.4 cm³/mol. The van der Waals surface area contributed by atoms with Gasteiger partial charge in [-0.3, -0.25) is 19.8 Å². The van der Waals surface area contributed by atoms with E-state index in [1.807, 2.05) is 5.32 Å². The smallest absolute Gasteiger partial charge is 0.325 e. The molecule has 9 heteroatoms. The zero-order chi connectivity index (χ0) is 16.3. The fourth-order valence-corrected chi connectivity index (χ4v) is 1.90. The van der Waals surface area contributed by atoms with Crippen LogP contribution in [0.5, 0.6) is 0 Å². The number of imide groups is 2. The minimum Gasteiger partial charge on any atom is -0.467 e. The number of furan rings is 1. The summed E-state index contributed by atoms with van der Waals surface area (Å²) in [4.78, 5) is 47.5. The summed E-state index contributed by atoms with van der Waals surface area (Å²) in [5, 5.41) is 6.88. The molecule has 0 unspecified atom stereocenters. The van der Waals surface area contributed by atoms with Crippen molar-refractivity contribution in [3.05, 3.63) is 24.2 Å². The van der Waals surface area contributed by atoms with Crippen molar-refractivity contribution in [1.82, 2.24) is 20.9 Å². The minimum atomic E-state index is -1.06. The molecular weight excluding hydrogens is 292 g/mol. The van der Waals surface area contributed by atoms with E-state index < -0.39 is 36.0 Å². The molecule has 1 aliphatic heterocycles. The molecule has 9 nitrogen and oxygen atoms in total. The zero-order valence-electron chi connectivity index (χ0n) is 12.1. The Morgan fingerprint density at radius 1 is 1.36 bits per heavy atom. The van der Waals surface area contributed by atoms with Crippen molar-refractivity contribution in [3.8, 4) is 0 Å². The first kappa shape index (κ1) is 15.5. The summed E-state index contributed by atoms with van der Waals surface area (Å²) in [7, 11) is 0. The van der Waals surface area contributed by atoms with E-state index in [1.54, 1.807) is 12.1 Å². The van der Waals surface area contributed by atoms with Crippen LogP contribution in [0.4, 0.5) is 9.59 Å². The van der Waals surface area contributed by atoms with E-state index in [0.717, 1.165) is 4.90 Å². The number of carbonyl (C=O) groups excluding carboxylic acids is 4. The van der Waals surface area contributed by atoms with Crippen LogP contribution < -0.4 is 16.0 Å². The Bertz CT molecular complexity index is 608. The number of hydrogen-bond donors (Lipinski definition) is 3. The number of carbonyl (C=O) groups is 4. The van der Waals surface area contributed by atoms with Crippen LogP contribution in [-0.2, 0) is 16.1 Å². The van der Waals surface area contributed by atoms with Gasteiger partial charge in [-0.25, -0.2) is 9.59 Å². The Kier molecular flexibility index (Phi) is 4.15. The lowest BCUT2D eigenvalue weighted by Gasteiger charge is -2.15. The van der Waals surface area contributed by atoms with Crippen LogP contribution in [0.15, 0.2) is 22.8 Å². The standard InChI is InChI=1S/C13H16N4O5/c1-13(2)10(19)17(12(21)16-13)7-9(18)15-11(20)14-6-8-4-3-5-22-8/h3-5H,6-7H2,1-2H3,(H,16,21)(H2,14,15,18,20). The van der Waals surface area contributed by atoms with Gasteiger partial charge >= 0.3 is 12.1 Å². The second-order valence-corrected chi connectivity index (χ2v) is 5.26. The fraction of sp³-hybridized carbons (Fsp3) is 0.385. The van der Waals surface area contributed by atoms with E-state index in [0.29, 0.717) is 5.76 Å². The second-order valence-electron chi connectivity index (χ2n) is 5.26. The third-order valence-corrected chi connectivity index (χ3v) is 3.00. The molecule has 0 aliphatic carbocycles. The van der Waals surface area contributed by atoms with E-state index >= 15 is 0 Å². The highest BCUT2D eigenvalue weighted by Crippen LogP contribution is 2.15. The summed E-state index contributed by atoms with van der Waals surface area (Å²) in [6.45, 7) is 2.65. The highest BCUT2D eigenvalue weighted by molar-refractivity contribution is 6.09. The molecule has 1 saturated heterocycles. The first-order valence-corrected chi connectivity index (χ1v) is 6.54. The molecule has 118 valence electrons. The molecule has 1 aromatic heterocycles. The van der Waals surface area contributed by atoms with Gasteiger partial charge in [-0.05, 0) is 26.0 Å². The molecule has 0 bridgehead atoms. The molecule has 6 amide bonds. The average Bonchev–Trinajstić information content (AvgIpc) is 2.99. The quantitative estimate of drug-likeness (QED) is 0.673. The summed E-state index contributed by atoms with van der Waals surface area (Å²) in [6, 6.07) is 1.92. The third-order valence-electron chi connectivity index (χ3n) is 3.00. The summed E-state index contributed by atoms with van der Waals surface area (Å²) in [6.07, 6.45) is 1.46. The maximum absolute atomic E-state index is 11.9. The van der Waals surface area contributed by atoms with E-state index in [2.05, 4.69) is 10.6 Å². The summed E-state index contributed by atoms with van der Waals surface area (Å²) in [5.74, 6) is -0.764. The normalized spacial score (nSPS) is 16.4. The van der Waals surface area contributed by atoms with Gasteiger partial charge in [0, 0.05) is 0 Å². The number of hydrogen-bond acceptors (Lipinski definition) is 5. The van der Waals surface area contributed by atoms with Crippen LogP contribution in [0.25, 0.3) is 0 Å². The average molecular weight is 308 g/mol. The van der Waals surface area contributed by atoms with Gasteiger partial charge < -0.3 is 15.1 Å². The Balaban J connectivity index is 1.81. The molecule has 0 saturated carbocycles. The summed E-state index contributed by atoms with van der Waals surface area (Å²) < 4.78 is 5.01. The molecular formula is C13H16N4O5. The SMILES string of the molecule is CC1(C)NC(=O)N(CC(=O)NC(=O)NCc2ccco2)C1=O. The number of amides is 6. The Morgan fingerprint density at radius 2 is 2.09 bits per heavy atom. The first-order chi connectivity index (χ1) is 10.3. The largest absolute Gasteiger partial charge is 0.467 e. The summed E-state index contributed by atoms with van der Waals surface area (Å²) in [5.41, 5.74) is -1.06. The van der Waals surface area contributed by atoms with Gasteiger partial charge in [0.15, 0.2) is 0 Å². The molecule has 3 N–H and O–H groups in total. The molecule has 0 aromatic carbocycles. The van der Waals surface area contributed by atoms with Crippen LogP contribution in [0.3, 0.4) is 0 Å². The van der Waals surface area contributed by atoms with Gasteiger partial charge in [-0.15, -0.1) is 0 Å². The maximum Gasteiger partial charge on any atom is 0.325 e. The van der Waals surface area contributed by atoms with Gasteiger partial charge in [-0.2, -0.15) is 0 Å². The van der Waals surface area contributed by atoms with Gasteiger partial charge in [0.25, 0.3) is 5.91 Å². The van der Waals surface area contributed by atoms with Crippen molar-refractivity contribution >= 4 is 23.9 Å². The van der Waals surface area contributed by atoms with Crippen molar-refractivity contribution < 1.29 is 23.6 Å². The monoisotopic (exact) mass is 308 g/mol. The van der Waals surface area contributed by atoms with E-state index in [4.69, 9.17) is 4.42 Å². The predicted octanol–water partition coefficient (Wildman–Crippen LogP) is -0.0642. The Morgan fingerprint density at radius 3 is 2.64 bits per heavy atom. The van der Waals surface area contributed by atoms with E-state index in [9.17, 15) is 19.2 Å². The number of urea groups is 2. The molecule has 1 fully saturated rings. The topological polar surface area (TPSA) is 121 Å². The van der Waals surface area contributed by atoms with Crippen molar-refractivity contribution in [2.75, 3.05) is 6.54 Å². The molecule has 22 heavy (non-hydrogen) atoms. The van der Waals surface area contributed by atoms with Crippen molar-refractivity contribution in [3.63, 3.8) is 0 Å². The van der Waals surface area contributed by atoms with Crippen LogP contribution in [0.2, 0.25) is 0 Å². The summed E-state index contributed by atoms with van der Waals surface area (Å²) >= 11 is 0. The maximum atomic E-state index is 11.9. The lowest BCUT2D eigenvalue weighted by Crippen LogP contribution is -2.46. The van der Waals surface area contributed by atoms with Gasteiger partial charge in [-0.1, -0.05) is 0 Å². The lowest BCUT2D eigenvalue weighted by atomic mass is 10.1. The van der Waals surface area contributed by atoms with Crippen LogP contribution in [0, 0.1) is 0 Å². The molecule has 0 spiro atoms. The minimum absolute atomic E-state index is 0.113. The number of nitrogens with zero attached hydrogens (tertiary/aromatic N) is 1. The number of rotatable bonds is 4. The molecule has 2 rings (SSSR count). The van der Waals surface area contributed by atoms with Gasteiger partial charge in [0.1, 0.15) is 17.8 Å². The van der Waals surface area contributed by atoms with Crippen molar-refractivity contribution in [1.29, 1.82) is 0 Å². The van der Waals surface area contributed by atoms with E-state index in [-0.39, 0.29) is 6.54 Å². The zero-order valence-corrected chi connectivity index (χ0v) is 12.1. The lowest BCUT2D eigenvalue weighted by molar-refractivity contribution is -0.133. The fourth-order valence-electron chi connectivity index (χ4n) is 1.90. The van der Waals surface area contributed by atoms with Gasteiger partial charge in [0.2, 0.25) is 5.91 Å². The molecule has 1 aromatic rings. The third kappa shape index (κ3) is 3.43. The highest BCUT2D eigenvalue weighted by Gasteiger charge is 2.44.